The van der Waals surface area contributed by atoms with E-state index < -0.39 is 42.7 Å². The molecule has 1 heterocycles. The van der Waals surface area contributed by atoms with Gasteiger partial charge in [-0.15, -0.1) is 23.2 Å². The zero-order chi connectivity index (χ0) is 20.1. The van der Waals surface area contributed by atoms with Crippen molar-refractivity contribution in [3.8, 4) is 0 Å². The summed E-state index contributed by atoms with van der Waals surface area (Å²) < 4.78 is -2.02. The van der Waals surface area contributed by atoms with Crippen LogP contribution in [0.25, 0.3) is 0 Å². The Morgan fingerprint density at radius 2 is 1.44 bits per heavy atom. The van der Waals surface area contributed by atoms with Gasteiger partial charge < -0.3 is 0 Å². The van der Waals surface area contributed by atoms with Gasteiger partial charge in [0.2, 0.25) is 11.8 Å². The summed E-state index contributed by atoms with van der Waals surface area (Å²) in [5.41, 5.74) is -0.303. The summed E-state index contributed by atoms with van der Waals surface area (Å²) in [4.78, 5) is 33.5. The van der Waals surface area contributed by atoms with Gasteiger partial charge in [-0.05, 0) is 6.07 Å². The van der Waals surface area contributed by atoms with Crippen molar-refractivity contribution in [3.05, 3.63) is 44.4 Å². The molecule has 3 aliphatic rings. The predicted octanol–water partition coefficient (Wildman–Crippen LogP) is 4.55. The summed E-state index contributed by atoms with van der Waals surface area (Å²) in [7, 11) is 0. The van der Waals surface area contributed by atoms with Crippen molar-refractivity contribution >= 4 is 92.8 Å². The number of imide groups is 1. The van der Waals surface area contributed by atoms with Crippen molar-refractivity contribution < 1.29 is 14.5 Å². The van der Waals surface area contributed by atoms with Gasteiger partial charge in [0.25, 0.3) is 5.69 Å². The van der Waals surface area contributed by atoms with Crippen LogP contribution in [0.2, 0.25) is 0 Å². The molecule has 1 saturated heterocycles. The Bertz CT molecular complexity index is 935. The molecule has 0 radical (unpaired) electrons. The van der Waals surface area contributed by atoms with E-state index in [-0.39, 0.29) is 21.4 Å². The second kappa shape index (κ2) is 5.65. The minimum absolute atomic E-state index is 0.00415. The Morgan fingerprint density at radius 3 is 1.89 bits per heavy atom. The van der Waals surface area contributed by atoms with Gasteiger partial charge in [0.15, 0.2) is 4.33 Å². The van der Waals surface area contributed by atoms with Gasteiger partial charge >= 0.3 is 0 Å². The Labute approximate surface area is 182 Å². The van der Waals surface area contributed by atoms with Crippen LogP contribution in [0, 0.1) is 22.0 Å². The van der Waals surface area contributed by atoms with Crippen molar-refractivity contribution in [2.24, 2.45) is 11.8 Å². The molecule has 142 valence electrons. The molecule has 6 nitrogen and oxygen atoms in total. The first-order valence-corrected chi connectivity index (χ1v) is 9.63. The number of carbonyl (C=O) groups is 2. The molecule has 1 aromatic carbocycles. The van der Waals surface area contributed by atoms with E-state index in [2.05, 4.69) is 0 Å². The van der Waals surface area contributed by atoms with E-state index in [1.54, 1.807) is 0 Å². The van der Waals surface area contributed by atoms with Crippen molar-refractivity contribution in [2.45, 2.75) is 14.1 Å². The normalized spacial score (nSPS) is 36.6. The third-order valence-corrected chi connectivity index (χ3v) is 9.47. The number of halogens is 6. The summed E-state index contributed by atoms with van der Waals surface area (Å²) in [5, 5.41) is 10.6. The number of benzene rings is 1. The topological polar surface area (TPSA) is 80.5 Å². The molecule has 2 amide bonds. The summed E-state index contributed by atoms with van der Waals surface area (Å²) in [5.74, 6) is -4.10. The van der Waals surface area contributed by atoms with Crippen LogP contribution in [-0.2, 0) is 9.59 Å². The van der Waals surface area contributed by atoms with Crippen molar-refractivity contribution in [2.75, 3.05) is 4.90 Å². The largest absolute Gasteiger partial charge is 0.274 e. The Kier molecular flexibility index (Phi) is 4.09. The van der Waals surface area contributed by atoms with Crippen LogP contribution < -0.4 is 4.90 Å². The van der Waals surface area contributed by atoms with Crippen LogP contribution in [-0.4, -0.2) is 30.8 Å². The number of nitrogens with zero attached hydrogens (tertiary/aromatic N) is 2. The zero-order valence-corrected chi connectivity index (χ0v) is 17.3. The number of nitro benzene ring substituents is 1. The highest BCUT2D eigenvalue weighted by Crippen LogP contribution is 2.77. The van der Waals surface area contributed by atoms with Crippen molar-refractivity contribution in [1.29, 1.82) is 0 Å². The average Bonchev–Trinajstić information content (AvgIpc) is 2.99. The highest BCUT2D eigenvalue weighted by Gasteiger charge is 2.87. The number of anilines is 1. The number of amides is 2. The fraction of sp³-hybridized carbons (Fsp3) is 0.333. The van der Waals surface area contributed by atoms with E-state index in [0.29, 0.717) is 0 Å². The van der Waals surface area contributed by atoms with E-state index in [1.807, 2.05) is 0 Å². The number of nitro groups is 1. The molecule has 0 unspecified atom stereocenters. The molecule has 2 fully saturated rings. The second-order valence-corrected chi connectivity index (χ2v) is 9.65. The molecule has 4 atom stereocenters. The molecule has 2 aliphatic carbocycles. The van der Waals surface area contributed by atoms with Crippen molar-refractivity contribution in [1.82, 2.24) is 0 Å². The summed E-state index contributed by atoms with van der Waals surface area (Å²) >= 11 is 38.3. The van der Waals surface area contributed by atoms with E-state index in [9.17, 15) is 19.7 Å². The number of carbonyl (C=O) groups excluding carboxylic acids is 2. The molecule has 0 N–H and O–H groups in total. The van der Waals surface area contributed by atoms with Gasteiger partial charge in [0.1, 0.15) is 9.75 Å². The lowest BCUT2D eigenvalue weighted by Crippen LogP contribution is -2.50. The van der Waals surface area contributed by atoms with Gasteiger partial charge in [-0.2, -0.15) is 0 Å². The van der Waals surface area contributed by atoms with Gasteiger partial charge in [-0.3, -0.25) is 19.7 Å². The smallest absolute Gasteiger partial charge is 0.271 e. The van der Waals surface area contributed by atoms with Crippen LogP contribution in [0.3, 0.4) is 0 Å². The first-order chi connectivity index (χ1) is 12.4. The highest BCUT2D eigenvalue weighted by atomic mass is 35.5. The van der Waals surface area contributed by atoms with Crippen LogP contribution >= 0.6 is 69.6 Å². The van der Waals surface area contributed by atoms with E-state index in [0.717, 1.165) is 11.0 Å². The lowest BCUT2D eigenvalue weighted by atomic mass is 9.84. The maximum Gasteiger partial charge on any atom is 0.271 e. The second-order valence-electron chi connectivity index (χ2n) is 6.37. The van der Waals surface area contributed by atoms with Crippen LogP contribution in [0.5, 0.6) is 0 Å². The summed E-state index contributed by atoms with van der Waals surface area (Å²) in [6.07, 6.45) is 0. The number of non-ortho nitro benzene ring substituents is 1. The molecule has 4 rings (SSSR count). The predicted molar refractivity (Wildman–Crippen MR) is 103 cm³/mol. The van der Waals surface area contributed by atoms with E-state index in [1.165, 1.54) is 18.2 Å². The third kappa shape index (κ3) is 1.97. The van der Waals surface area contributed by atoms with E-state index in [4.69, 9.17) is 69.6 Å². The lowest BCUT2D eigenvalue weighted by Gasteiger charge is -2.34. The van der Waals surface area contributed by atoms with Gasteiger partial charge in [-0.1, -0.05) is 52.5 Å². The maximum absolute atomic E-state index is 13.1. The van der Waals surface area contributed by atoms with Crippen LogP contribution in [0.1, 0.15) is 0 Å². The minimum Gasteiger partial charge on any atom is -0.274 e. The molecule has 1 aromatic rings. The quantitative estimate of drug-likeness (QED) is 0.264. The summed E-state index contributed by atoms with van der Waals surface area (Å²) in [6.45, 7) is 0. The molecule has 27 heavy (non-hydrogen) atoms. The zero-order valence-electron chi connectivity index (χ0n) is 12.8. The Morgan fingerprint density at radius 1 is 0.963 bits per heavy atom. The number of fused-ring (bicyclic) bond motifs is 5. The lowest BCUT2D eigenvalue weighted by molar-refractivity contribution is -0.384. The van der Waals surface area contributed by atoms with Crippen LogP contribution in [0.4, 0.5) is 11.4 Å². The maximum atomic E-state index is 13.1. The number of alkyl halides is 4. The average molecular weight is 491 g/mol. The molecule has 1 aliphatic heterocycles. The fourth-order valence-electron chi connectivity index (χ4n) is 4.00. The van der Waals surface area contributed by atoms with Gasteiger partial charge in [0, 0.05) is 12.1 Å². The highest BCUT2D eigenvalue weighted by molar-refractivity contribution is 6.67. The molecule has 12 heteroatoms. The first-order valence-electron chi connectivity index (χ1n) is 7.36. The molecule has 2 bridgehead atoms. The fourth-order valence-corrected chi connectivity index (χ4v) is 6.92. The SMILES string of the molecule is O=C1[C@@H]2[C@@H](C(=O)N1c1cccc([N+](=O)[O-])c1)[C@]1(Cl)C(Cl)=C(Cl)[C@]2(Cl)C1(Cl)Cl. The first kappa shape index (κ1) is 19.6. The minimum atomic E-state index is -2.02. The van der Waals surface area contributed by atoms with Crippen LogP contribution in [0.15, 0.2) is 34.3 Å². The number of hydrogen-bond acceptors (Lipinski definition) is 4. The standard InChI is InChI=1S/C15H6Cl6N2O4/c16-9-10(17)14(19)8-7(13(9,18)15(14,20)21)11(24)22(12(8)25)5-2-1-3-6(4-5)23(26)27/h1-4,7-8H/t7-,8-,13-,14-/m0/s1. The number of allylic oxidation sites excluding steroid dienone is 2. The monoisotopic (exact) mass is 488 g/mol. The van der Waals surface area contributed by atoms with E-state index >= 15 is 0 Å². The number of rotatable bonds is 2. The molecular weight excluding hydrogens is 485 g/mol. The molecule has 1 saturated carbocycles. The van der Waals surface area contributed by atoms with Gasteiger partial charge in [0.05, 0.1) is 32.5 Å². The Hall–Kier alpha value is -0.760. The molecule has 0 spiro atoms. The molecular formula is C15H6Cl6N2O4. The molecule has 0 aromatic heterocycles. The summed E-state index contributed by atoms with van der Waals surface area (Å²) in [6, 6.07) is 5.03. The Balaban J connectivity index is 1.89. The number of hydrogen-bond donors (Lipinski definition) is 0. The van der Waals surface area contributed by atoms with Crippen molar-refractivity contribution in [3.63, 3.8) is 0 Å². The third-order valence-electron chi connectivity index (χ3n) is 5.21. The van der Waals surface area contributed by atoms with Gasteiger partial charge in [-0.25, -0.2) is 4.90 Å².